The molecule has 1 aromatic rings. The Morgan fingerprint density at radius 3 is 2.70 bits per heavy atom. The predicted octanol–water partition coefficient (Wildman–Crippen LogP) is 2.37. The van der Waals surface area contributed by atoms with E-state index in [1.54, 1.807) is 0 Å². The summed E-state index contributed by atoms with van der Waals surface area (Å²) in [5.74, 6) is 0.320. The van der Waals surface area contributed by atoms with Gasteiger partial charge in [-0.25, -0.2) is 0 Å². The molecule has 1 fully saturated rings. The maximum absolute atomic E-state index is 12.3. The summed E-state index contributed by atoms with van der Waals surface area (Å²) in [5, 5.41) is 3.18. The van der Waals surface area contributed by atoms with Crippen molar-refractivity contribution in [2.24, 2.45) is 5.92 Å². The van der Waals surface area contributed by atoms with Gasteiger partial charge in [-0.1, -0.05) is 24.3 Å². The molecule has 3 rings (SSSR count). The van der Waals surface area contributed by atoms with Gasteiger partial charge in [0.05, 0.1) is 0 Å². The van der Waals surface area contributed by atoms with Gasteiger partial charge in [0.1, 0.15) is 0 Å². The van der Waals surface area contributed by atoms with E-state index in [0.29, 0.717) is 19.8 Å². The Morgan fingerprint density at radius 2 is 1.96 bits per heavy atom. The highest BCUT2D eigenvalue weighted by Gasteiger charge is 2.31. The normalized spacial score (nSPS) is 20.1. The van der Waals surface area contributed by atoms with E-state index in [1.165, 1.54) is 11.1 Å². The summed E-state index contributed by atoms with van der Waals surface area (Å²) in [5.41, 5.74) is 2.85. The number of hydrogen-bond acceptors (Lipinski definition) is 3. The van der Waals surface area contributed by atoms with Crippen molar-refractivity contribution in [2.45, 2.75) is 45.2 Å². The van der Waals surface area contributed by atoms with Crippen LogP contribution in [-0.2, 0) is 22.5 Å². The van der Waals surface area contributed by atoms with Crippen LogP contribution >= 0.6 is 0 Å². The van der Waals surface area contributed by atoms with Crippen LogP contribution in [-0.4, -0.2) is 42.6 Å². The number of ether oxygens (including phenoxy) is 1. The second kappa shape index (κ2) is 7.02. The third kappa shape index (κ3) is 3.93. The Bertz CT molecular complexity index is 550. The Balaban J connectivity index is 1.55. The van der Waals surface area contributed by atoms with E-state index in [2.05, 4.69) is 48.3 Å². The van der Waals surface area contributed by atoms with Crippen molar-refractivity contribution in [3.05, 3.63) is 35.4 Å². The van der Waals surface area contributed by atoms with Gasteiger partial charge in [0.15, 0.2) is 0 Å². The van der Waals surface area contributed by atoms with Gasteiger partial charge in [-0.05, 0) is 44.2 Å². The van der Waals surface area contributed by atoms with Gasteiger partial charge in [0, 0.05) is 44.3 Å². The Kier molecular flexibility index (Phi) is 5.02. The number of carbonyl (C=O) groups is 1. The summed E-state index contributed by atoms with van der Waals surface area (Å²) in [6.07, 6.45) is 2.79. The second-order valence-electron chi connectivity index (χ2n) is 7.36. The van der Waals surface area contributed by atoms with Crippen LogP contribution in [0, 0.1) is 5.92 Å². The van der Waals surface area contributed by atoms with Crippen molar-refractivity contribution in [1.29, 1.82) is 0 Å². The van der Waals surface area contributed by atoms with E-state index in [9.17, 15) is 4.79 Å². The minimum Gasteiger partial charge on any atom is -0.381 e. The van der Waals surface area contributed by atoms with Gasteiger partial charge in [-0.2, -0.15) is 0 Å². The summed E-state index contributed by atoms with van der Waals surface area (Å²) in [4.78, 5) is 14.8. The summed E-state index contributed by atoms with van der Waals surface area (Å²) in [6.45, 7) is 8.60. The predicted molar refractivity (Wildman–Crippen MR) is 91.2 cm³/mol. The first-order chi connectivity index (χ1) is 11.1. The van der Waals surface area contributed by atoms with Gasteiger partial charge in [-0.15, -0.1) is 0 Å². The summed E-state index contributed by atoms with van der Waals surface area (Å²) in [6, 6.07) is 8.68. The molecule has 0 spiro atoms. The largest absolute Gasteiger partial charge is 0.381 e. The van der Waals surface area contributed by atoms with Crippen LogP contribution < -0.4 is 5.32 Å². The lowest BCUT2D eigenvalue weighted by atomic mass is 9.93. The van der Waals surface area contributed by atoms with Crippen molar-refractivity contribution >= 4 is 5.91 Å². The van der Waals surface area contributed by atoms with Gasteiger partial charge < -0.3 is 10.1 Å². The van der Waals surface area contributed by atoms with E-state index in [4.69, 9.17) is 4.74 Å². The second-order valence-corrected chi connectivity index (χ2v) is 7.36. The molecule has 2 heterocycles. The zero-order valence-corrected chi connectivity index (χ0v) is 14.3. The molecule has 0 aromatic heterocycles. The van der Waals surface area contributed by atoms with Gasteiger partial charge in [0.25, 0.3) is 0 Å². The zero-order valence-electron chi connectivity index (χ0n) is 14.3. The van der Waals surface area contributed by atoms with Crippen LogP contribution in [0.2, 0.25) is 0 Å². The average Bonchev–Trinajstić information content (AvgIpc) is 2.60. The molecule has 0 radical (unpaired) electrons. The number of nitrogens with one attached hydrogen (secondary N) is 1. The Hall–Kier alpha value is -1.39. The van der Waals surface area contributed by atoms with Crippen LogP contribution in [0.4, 0.5) is 0 Å². The molecule has 1 aromatic carbocycles. The molecule has 1 amide bonds. The van der Waals surface area contributed by atoms with Crippen molar-refractivity contribution in [1.82, 2.24) is 10.2 Å². The lowest BCUT2D eigenvalue weighted by Crippen LogP contribution is -2.53. The number of amides is 1. The molecule has 2 aliphatic heterocycles. The highest BCUT2D eigenvalue weighted by atomic mass is 16.5. The molecule has 1 saturated heterocycles. The maximum Gasteiger partial charge on any atom is 0.223 e. The first-order valence-corrected chi connectivity index (χ1v) is 8.73. The molecular weight excluding hydrogens is 288 g/mol. The number of fused-ring (bicyclic) bond motifs is 1. The van der Waals surface area contributed by atoms with Gasteiger partial charge >= 0.3 is 0 Å². The standard InChI is InChI=1S/C19H28N2O2/c1-19(2,14-20-18(22)16-8-11-23-12-9-16)21-10-7-15-5-3-4-6-17(15)13-21/h3-6,16H,7-14H2,1-2H3,(H,20,22). The Labute approximate surface area is 139 Å². The van der Waals surface area contributed by atoms with Crippen molar-refractivity contribution in [3.8, 4) is 0 Å². The molecule has 0 saturated carbocycles. The third-order valence-corrected chi connectivity index (χ3v) is 5.27. The molecule has 23 heavy (non-hydrogen) atoms. The maximum atomic E-state index is 12.3. The number of rotatable bonds is 4. The SMILES string of the molecule is CC(C)(CNC(=O)C1CCOCC1)N1CCc2ccccc2C1. The molecule has 4 heteroatoms. The lowest BCUT2D eigenvalue weighted by molar-refractivity contribution is -0.128. The third-order valence-electron chi connectivity index (χ3n) is 5.27. The first-order valence-electron chi connectivity index (χ1n) is 8.73. The quantitative estimate of drug-likeness (QED) is 0.927. The highest BCUT2D eigenvalue weighted by molar-refractivity contribution is 5.78. The number of benzene rings is 1. The van der Waals surface area contributed by atoms with Crippen LogP contribution in [0.5, 0.6) is 0 Å². The minimum absolute atomic E-state index is 0.0334. The fourth-order valence-corrected chi connectivity index (χ4v) is 3.53. The van der Waals surface area contributed by atoms with Crippen molar-refractivity contribution in [3.63, 3.8) is 0 Å². The highest BCUT2D eigenvalue weighted by Crippen LogP contribution is 2.25. The molecule has 2 aliphatic rings. The summed E-state index contributed by atoms with van der Waals surface area (Å²) >= 11 is 0. The monoisotopic (exact) mass is 316 g/mol. The molecule has 0 aliphatic carbocycles. The van der Waals surface area contributed by atoms with Gasteiger partial charge in [0.2, 0.25) is 5.91 Å². The Morgan fingerprint density at radius 1 is 1.26 bits per heavy atom. The van der Waals surface area contributed by atoms with Crippen molar-refractivity contribution in [2.75, 3.05) is 26.3 Å². The molecule has 0 bridgehead atoms. The van der Waals surface area contributed by atoms with Crippen LogP contribution in [0.25, 0.3) is 0 Å². The number of nitrogens with zero attached hydrogens (tertiary/aromatic N) is 1. The fraction of sp³-hybridized carbons (Fsp3) is 0.632. The summed E-state index contributed by atoms with van der Waals surface area (Å²) in [7, 11) is 0. The molecule has 126 valence electrons. The van der Waals surface area contributed by atoms with E-state index >= 15 is 0 Å². The van der Waals surface area contributed by atoms with Gasteiger partial charge in [-0.3, -0.25) is 9.69 Å². The van der Waals surface area contributed by atoms with E-state index in [-0.39, 0.29) is 17.4 Å². The van der Waals surface area contributed by atoms with Crippen LogP contribution in [0.3, 0.4) is 0 Å². The number of hydrogen-bond donors (Lipinski definition) is 1. The van der Waals surface area contributed by atoms with E-state index in [0.717, 1.165) is 32.4 Å². The minimum atomic E-state index is -0.0334. The molecule has 1 N–H and O–H groups in total. The van der Waals surface area contributed by atoms with E-state index < -0.39 is 0 Å². The number of carbonyl (C=O) groups excluding carboxylic acids is 1. The topological polar surface area (TPSA) is 41.6 Å². The van der Waals surface area contributed by atoms with Crippen LogP contribution in [0.1, 0.15) is 37.8 Å². The summed E-state index contributed by atoms with van der Waals surface area (Å²) < 4.78 is 5.34. The van der Waals surface area contributed by atoms with Crippen LogP contribution in [0.15, 0.2) is 24.3 Å². The lowest BCUT2D eigenvalue weighted by Gasteiger charge is -2.42. The van der Waals surface area contributed by atoms with E-state index in [1.807, 2.05) is 0 Å². The first kappa shape index (κ1) is 16.5. The smallest absolute Gasteiger partial charge is 0.223 e. The van der Waals surface area contributed by atoms with Crippen molar-refractivity contribution < 1.29 is 9.53 Å². The molecule has 0 atom stereocenters. The fourth-order valence-electron chi connectivity index (χ4n) is 3.53. The average molecular weight is 316 g/mol. The zero-order chi connectivity index (χ0) is 16.3. The molecule has 4 nitrogen and oxygen atoms in total. The molecule has 0 unspecified atom stereocenters. The molecular formula is C19H28N2O2.